The van der Waals surface area contributed by atoms with Crippen molar-refractivity contribution in [1.82, 2.24) is 4.57 Å². The summed E-state index contributed by atoms with van der Waals surface area (Å²) in [6.45, 7) is 6.28. The van der Waals surface area contributed by atoms with Crippen LogP contribution in [0.15, 0.2) is 24.3 Å². The van der Waals surface area contributed by atoms with Crippen LogP contribution < -0.4 is 4.74 Å². The normalized spacial score (nSPS) is 10.6. The highest BCUT2D eigenvalue weighted by Gasteiger charge is 2.24. The fraction of sp³-hybridized carbons (Fsp3) is 0.400. The fourth-order valence-corrected chi connectivity index (χ4v) is 3.16. The van der Waals surface area contributed by atoms with Crippen LogP contribution in [0.25, 0.3) is 0 Å². The van der Waals surface area contributed by atoms with Crippen molar-refractivity contribution in [1.29, 1.82) is 0 Å². The molecule has 6 nitrogen and oxygen atoms in total. The first kappa shape index (κ1) is 19.6. The second-order valence-electron chi connectivity index (χ2n) is 6.09. The van der Waals surface area contributed by atoms with Crippen molar-refractivity contribution in [3.63, 3.8) is 0 Å². The Labute approximate surface area is 153 Å². The molecule has 0 aliphatic carbocycles. The van der Waals surface area contributed by atoms with Crippen LogP contribution in [0, 0.1) is 13.8 Å². The van der Waals surface area contributed by atoms with Crippen molar-refractivity contribution >= 4 is 11.9 Å². The summed E-state index contributed by atoms with van der Waals surface area (Å²) in [4.78, 5) is 23.5. The van der Waals surface area contributed by atoms with E-state index in [1.54, 1.807) is 14.0 Å². The standard InChI is InChI=1S/C20H25NO5/c1-5-26-20(24)19-13(2)17(9-10-18(22)23)14(3)21(19)12-15-7-6-8-16(11-15)25-4/h6-8,11H,5,9-10,12H2,1-4H3,(H,22,23). The summed E-state index contributed by atoms with van der Waals surface area (Å²) >= 11 is 0. The second kappa shape index (κ2) is 8.56. The molecule has 26 heavy (non-hydrogen) atoms. The van der Waals surface area contributed by atoms with Crippen LogP contribution in [0.2, 0.25) is 0 Å². The number of nitrogens with zero attached hydrogens (tertiary/aromatic N) is 1. The molecule has 0 fully saturated rings. The number of aromatic nitrogens is 1. The van der Waals surface area contributed by atoms with E-state index in [1.165, 1.54) is 0 Å². The molecule has 0 atom stereocenters. The number of rotatable bonds is 8. The molecule has 0 spiro atoms. The zero-order valence-electron chi connectivity index (χ0n) is 15.7. The van der Waals surface area contributed by atoms with Crippen molar-refractivity contribution in [2.75, 3.05) is 13.7 Å². The second-order valence-corrected chi connectivity index (χ2v) is 6.09. The van der Waals surface area contributed by atoms with Gasteiger partial charge in [0.25, 0.3) is 0 Å². The molecular formula is C20H25NO5. The summed E-state index contributed by atoms with van der Waals surface area (Å²) in [5.74, 6) is -0.507. The third-order valence-corrected chi connectivity index (χ3v) is 4.45. The maximum absolute atomic E-state index is 12.5. The minimum Gasteiger partial charge on any atom is -0.497 e. The van der Waals surface area contributed by atoms with E-state index < -0.39 is 11.9 Å². The quantitative estimate of drug-likeness (QED) is 0.731. The van der Waals surface area contributed by atoms with Gasteiger partial charge in [0, 0.05) is 18.7 Å². The molecule has 1 heterocycles. The van der Waals surface area contributed by atoms with Crippen LogP contribution in [-0.4, -0.2) is 35.3 Å². The van der Waals surface area contributed by atoms with E-state index in [0.717, 1.165) is 28.1 Å². The summed E-state index contributed by atoms with van der Waals surface area (Å²) in [6, 6.07) is 7.64. The largest absolute Gasteiger partial charge is 0.497 e. The molecule has 1 N–H and O–H groups in total. The Morgan fingerprint density at radius 3 is 2.58 bits per heavy atom. The smallest absolute Gasteiger partial charge is 0.355 e. The number of methoxy groups -OCH3 is 1. The number of carbonyl (C=O) groups excluding carboxylic acids is 1. The predicted molar refractivity (Wildman–Crippen MR) is 97.9 cm³/mol. The highest BCUT2D eigenvalue weighted by atomic mass is 16.5. The maximum Gasteiger partial charge on any atom is 0.355 e. The first-order valence-electron chi connectivity index (χ1n) is 8.59. The van der Waals surface area contributed by atoms with E-state index in [4.69, 9.17) is 14.6 Å². The predicted octanol–water partition coefficient (Wildman–Crippen LogP) is 3.36. The van der Waals surface area contributed by atoms with Gasteiger partial charge >= 0.3 is 11.9 Å². The Morgan fingerprint density at radius 1 is 1.23 bits per heavy atom. The fourth-order valence-electron chi connectivity index (χ4n) is 3.16. The van der Waals surface area contributed by atoms with Gasteiger partial charge in [0.1, 0.15) is 11.4 Å². The SMILES string of the molecule is CCOC(=O)c1c(C)c(CCC(=O)O)c(C)n1Cc1cccc(OC)c1. The molecule has 1 aromatic heterocycles. The topological polar surface area (TPSA) is 77.8 Å². The molecule has 0 aliphatic heterocycles. The van der Waals surface area contributed by atoms with Crippen molar-refractivity contribution in [3.05, 3.63) is 52.3 Å². The molecular weight excluding hydrogens is 334 g/mol. The Bertz CT molecular complexity index is 807. The van der Waals surface area contributed by atoms with Crippen LogP contribution in [0.3, 0.4) is 0 Å². The molecule has 2 rings (SSSR count). The van der Waals surface area contributed by atoms with Gasteiger partial charge in [-0.2, -0.15) is 0 Å². The van der Waals surface area contributed by atoms with Gasteiger partial charge in [-0.1, -0.05) is 12.1 Å². The summed E-state index contributed by atoms with van der Waals surface area (Å²) in [6.07, 6.45) is 0.400. The number of benzene rings is 1. The number of hydrogen-bond acceptors (Lipinski definition) is 4. The summed E-state index contributed by atoms with van der Waals surface area (Å²) < 4.78 is 12.4. The zero-order chi connectivity index (χ0) is 19.3. The van der Waals surface area contributed by atoms with Gasteiger partial charge < -0.3 is 19.1 Å². The Hall–Kier alpha value is -2.76. The first-order chi connectivity index (χ1) is 12.4. The van der Waals surface area contributed by atoms with E-state index in [1.807, 2.05) is 42.7 Å². The molecule has 0 saturated carbocycles. The van der Waals surface area contributed by atoms with E-state index in [9.17, 15) is 9.59 Å². The lowest BCUT2D eigenvalue weighted by atomic mass is 10.1. The number of hydrogen-bond donors (Lipinski definition) is 1. The molecule has 0 unspecified atom stereocenters. The highest BCUT2D eigenvalue weighted by Crippen LogP contribution is 2.26. The minimum absolute atomic E-state index is 0.0210. The first-order valence-corrected chi connectivity index (χ1v) is 8.59. The van der Waals surface area contributed by atoms with Gasteiger partial charge in [-0.15, -0.1) is 0 Å². The van der Waals surface area contributed by atoms with Gasteiger partial charge in [0.05, 0.1) is 13.7 Å². The van der Waals surface area contributed by atoms with Crippen molar-refractivity contribution in [2.24, 2.45) is 0 Å². The van der Waals surface area contributed by atoms with E-state index in [2.05, 4.69) is 0 Å². The van der Waals surface area contributed by atoms with E-state index in [-0.39, 0.29) is 13.0 Å². The average molecular weight is 359 g/mol. The van der Waals surface area contributed by atoms with Crippen LogP contribution >= 0.6 is 0 Å². The van der Waals surface area contributed by atoms with Crippen molar-refractivity contribution < 1.29 is 24.2 Å². The molecule has 140 valence electrons. The monoisotopic (exact) mass is 359 g/mol. The average Bonchev–Trinajstić information content (AvgIpc) is 2.83. The van der Waals surface area contributed by atoms with Crippen LogP contribution in [0.1, 0.15) is 46.2 Å². The van der Waals surface area contributed by atoms with Gasteiger partial charge in [-0.25, -0.2) is 4.79 Å². The lowest BCUT2D eigenvalue weighted by Gasteiger charge is -2.12. The molecule has 0 saturated heterocycles. The number of carboxylic acid groups (broad SMARTS) is 1. The number of esters is 1. The van der Waals surface area contributed by atoms with Crippen LogP contribution in [0.5, 0.6) is 5.75 Å². The number of ether oxygens (including phenoxy) is 2. The van der Waals surface area contributed by atoms with Crippen molar-refractivity contribution in [3.8, 4) is 5.75 Å². The van der Waals surface area contributed by atoms with Crippen molar-refractivity contribution in [2.45, 2.75) is 40.2 Å². The summed E-state index contributed by atoms with van der Waals surface area (Å²) in [5, 5.41) is 9.01. The summed E-state index contributed by atoms with van der Waals surface area (Å²) in [7, 11) is 1.61. The Balaban J connectivity index is 2.48. The molecule has 0 radical (unpaired) electrons. The van der Waals surface area contributed by atoms with Crippen LogP contribution in [-0.2, 0) is 22.5 Å². The number of aliphatic carboxylic acids is 1. The van der Waals surface area contributed by atoms with E-state index in [0.29, 0.717) is 18.7 Å². The Morgan fingerprint density at radius 2 is 1.96 bits per heavy atom. The summed E-state index contributed by atoms with van der Waals surface area (Å²) in [5.41, 5.74) is 4.02. The number of carboxylic acids is 1. The maximum atomic E-state index is 12.5. The molecule has 0 aliphatic rings. The molecule has 6 heteroatoms. The lowest BCUT2D eigenvalue weighted by molar-refractivity contribution is -0.136. The van der Waals surface area contributed by atoms with Gasteiger partial charge in [0.15, 0.2) is 0 Å². The van der Waals surface area contributed by atoms with Gasteiger partial charge in [-0.05, 0) is 56.0 Å². The third-order valence-electron chi connectivity index (χ3n) is 4.45. The number of carbonyl (C=O) groups is 2. The van der Waals surface area contributed by atoms with Crippen LogP contribution in [0.4, 0.5) is 0 Å². The molecule has 0 bridgehead atoms. The zero-order valence-corrected chi connectivity index (χ0v) is 15.7. The molecule has 2 aromatic rings. The van der Waals surface area contributed by atoms with Gasteiger partial charge in [0.2, 0.25) is 0 Å². The minimum atomic E-state index is -0.859. The van der Waals surface area contributed by atoms with E-state index >= 15 is 0 Å². The van der Waals surface area contributed by atoms with Gasteiger partial charge in [-0.3, -0.25) is 4.79 Å². The Kier molecular flexibility index (Phi) is 6.44. The third kappa shape index (κ3) is 4.25. The lowest BCUT2D eigenvalue weighted by Crippen LogP contribution is -2.15. The highest BCUT2D eigenvalue weighted by molar-refractivity contribution is 5.90. The molecule has 1 aromatic carbocycles. The molecule has 0 amide bonds.